The van der Waals surface area contributed by atoms with Crippen molar-refractivity contribution in [3.05, 3.63) is 23.8 Å². The second-order valence-electron chi connectivity index (χ2n) is 9.75. The SMILES string of the molecule is C[C@@H]1C[C@@H]2[C@H]3CCC4=CC(=O)C=C[C@]4(C)[C@]3(F)[C@@H](O)C[C@]2(C)[C@]1(O)C(=O)CO. The Bertz CT molecular complexity index is 805. The molecule has 0 aliphatic heterocycles. The summed E-state index contributed by atoms with van der Waals surface area (Å²) < 4.78 is 16.9. The van der Waals surface area contributed by atoms with Crippen molar-refractivity contribution < 1.29 is 29.3 Å². The van der Waals surface area contributed by atoms with E-state index in [2.05, 4.69) is 0 Å². The maximum atomic E-state index is 16.9. The van der Waals surface area contributed by atoms with Crippen LogP contribution >= 0.6 is 0 Å². The van der Waals surface area contributed by atoms with Gasteiger partial charge in [-0.1, -0.05) is 25.5 Å². The summed E-state index contributed by atoms with van der Waals surface area (Å²) in [5.74, 6) is -2.12. The Morgan fingerprint density at radius 1 is 1.32 bits per heavy atom. The predicted molar refractivity (Wildman–Crippen MR) is 99.9 cm³/mol. The van der Waals surface area contributed by atoms with Gasteiger partial charge in [0.25, 0.3) is 0 Å². The maximum Gasteiger partial charge on any atom is 0.190 e. The number of allylic oxidation sites excluding steroid dienone is 4. The molecule has 4 aliphatic carbocycles. The Balaban J connectivity index is 1.84. The van der Waals surface area contributed by atoms with E-state index in [0.717, 1.165) is 0 Å². The summed E-state index contributed by atoms with van der Waals surface area (Å²) in [7, 11) is 0. The van der Waals surface area contributed by atoms with Gasteiger partial charge in [0, 0.05) is 16.7 Å². The molecule has 5 nitrogen and oxygen atoms in total. The van der Waals surface area contributed by atoms with Gasteiger partial charge >= 0.3 is 0 Å². The molecule has 3 fully saturated rings. The molecule has 4 rings (SSSR count). The van der Waals surface area contributed by atoms with Crippen molar-refractivity contribution >= 4 is 11.6 Å². The first-order valence-electron chi connectivity index (χ1n) is 10.1. The van der Waals surface area contributed by atoms with E-state index in [4.69, 9.17) is 0 Å². The van der Waals surface area contributed by atoms with E-state index < -0.39 is 52.4 Å². The minimum Gasteiger partial charge on any atom is -0.390 e. The Hall–Kier alpha value is -1.37. The number of Topliss-reactive ketones (excluding diaryl/α,β-unsaturated/α-hetero) is 1. The predicted octanol–water partition coefficient (Wildman–Crippen LogP) is 1.90. The molecule has 0 amide bonds. The number of hydrogen-bond acceptors (Lipinski definition) is 5. The van der Waals surface area contributed by atoms with Crippen LogP contribution in [-0.4, -0.2) is 50.9 Å². The van der Waals surface area contributed by atoms with Crippen LogP contribution in [0.4, 0.5) is 4.39 Å². The number of alkyl halides is 1. The number of hydrogen-bond donors (Lipinski definition) is 3. The van der Waals surface area contributed by atoms with Crippen LogP contribution < -0.4 is 0 Å². The molecule has 0 aromatic heterocycles. The molecule has 6 heteroatoms. The number of aliphatic hydroxyl groups excluding tert-OH is 2. The fourth-order valence-corrected chi connectivity index (χ4v) is 7.26. The normalized spacial score (nSPS) is 52.5. The zero-order valence-electron chi connectivity index (χ0n) is 16.6. The lowest BCUT2D eigenvalue weighted by atomic mass is 9.44. The van der Waals surface area contributed by atoms with Crippen LogP contribution in [-0.2, 0) is 9.59 Å². The second kappa shape index (κ2) is 5.83. The van der Waals surface area contributed by atoms with Gasteiger partial charge in [-0.3, -0.25) is 9.59 Å². The molecule has 0 saturated heterocycles. The Labute approximate surface area is 164 Å². The van der Waals surface area contributed by atoms with Crippen LogP contribution in [0.5, 0.6) is 0 Å². The first-order chi connectivity index (χ1) is 13.0. The molecule has 3 N–H and O–H groups in total. The standard InChI is InChI=1S/C22H29FO5/c1-12-8-16-15-5-4-13-9-14(25)6-7-19(13,2)21(15,23)17(26)10-20(16,3)22(12,28)18(27)11-24/h6-7,9,12,15-17,24,26,28H,4-5,8,10-11H2,1-3H3/t12-,15-,16-,17+,19+,20+,21-,22-/m1/s1. The number of rotatable bonds is 2. The fourth-order valence-electron chi connectivity index (χ4n) is 7.26. The molecule has 0 aromatic carbocycles. The highest BCUT2D eigenvalue weighted by molar-refractivity contribution is 6.01. The molecule has 0 bridgehead atoms. The minimum absolute atomic E-state index is 0.0676. The lowest BCUT2D eigenvalue weighted by Gasteiger charge is -2.62. The summed E-state index contributed by atoms with van der Waals surface area (Å²) in [6.45, 7) is 4.48. The van der Waals surface area contributed by atoms with E-state index in [0.29, 0.717) is 24.8 Å². The van der Waals surface area contributed by atoms with Crippen molar-refractivity contribution in [2.24, 2.45) is 28.6 Å². The van der Waals surface area contributed by atoms with Crippen LogP contribution in [0.1, 0.15) is 46.5 Å². The van der Waals surface area contributed by atoms with Gasteiger partial charge in [-0.2, -0.15) is 0 Å². The number of carbonyl (C=O) groups excluding carboxylic acids is 2. The second-order valence-corrected chi connectivity index (χ2v) is 9.75. The molecule has 0 spiro atoms. The summed E-state index contributed by atoms with van der Waals surface area (Å²) in [5, 5.41) is 32.0. The topological polar surface area (TPSA) is 94.8 Å². The quantitative estimate of drug-likeness (QED) is 0.667. The van der Waals surface area contributed by atoms with E-state index in [1.807, 2.05) is 0 Å². The van der Waals surface area contributed by atoms with Crippen molar-refractivity contribution in [3.8, 4) is 0 Å². The molecular formula is C22H29FO5. The van der Waals surface area contributed by atoms with Gasteiger partial charge in [-0.05, 0) is 56.6 Å². The smallest absolute Gasteiger partial charge is 0.190 e. The fraction of sp³-hybridized carbons (Fsp3) is 0.727. The van der Waals surface area contributed by atoms with Gasteiger partial charge in [-0.25, -0.2) is 4.39 Å². The maximum absolute atomic E-state index is 16.9. The number of halogens is 1. The molecule has 0 radical (unpaired) electrons. The van der Waals surface area contributed by atoms with Crippen molar-refractivity contribution in [1.82, 2.24) is 0 Å². The van der Waals surface area contributed by atoms with Crippen molar-refractivity contribution in [2.75, 3.05) is 6.61 Å². The molecule has 4 aliphatic rings. The van der Waals surface area contributed by atoms with Gasteiger partial charge in [0.1, 0.15) is 12.2 Å². The lowest BCUT2D eigenvalue weighted by Crippen LogP contribution is -2.69. The summed E-state index contributed by atoms with van der Waals surface area (Å²) in [5.41, 5.74) is -5.17. The summed E-state index contributed by atoms with van der Waals surface area (Å²) >= 11 is 0. The van der Waals surface area contributed by atoms with Crippen molar-refractivity contribution in [3.63, 3.8) is 0 Å². The number of aliphatic hydroxyl groups is 3. The Morgan fingerprint density at radius 3 is 2.64 bits per heavy atom. The molecule has 8 atom stereocenters. The van der Waals surface area contributed by atoms with E-state index in [-0.39, 0.29) is 18.1 Å². The highest BCUT2D eigenvalue weighted by Gasteiger charge is 2.75. The zero-order chi connectivity index (χ0) is 20.7. The molecule has 154 valence electrons. The van der Waals surface area contributed by atoms with Crippen LogP contribution in [0.2, 0.25) is 0 Å². The first kappa shape index (κ1) is 19.9. The van der Waals surface area contributed by atoms with Gasteiger partial charge in [0.2, 0.25) is 0 Å². The lowest BCUT2D eigenvalue weighted by molar-refractivity contribution is -0.219. The Kier molecular flexibility index (Phi) is 4.15. The van der Waals surface area contributed by atoms with Crippen LogP contribution in [0.3, 0.4) is 0 Å². The van der Waals surface area contributed by atoms with Crippen LogP contribution in [0.25, 0.3) is 0 Å². The number of carbonyl (C=O) groups is 2. The van der Waals surface area contributed by atoms with Gasteiger partial charge < -0.3 is 15.3 Å². The molecule has 0 heterocycles. The summed E-state index contributed by atoms with van der Waals surface area (Å²) in [6.07, 6.45) is 4.44. The molecule has 0 unspecified atom stereocenters. The Morgan fingerprint density at radius 2 is 2.00 bits per heavy atom. The zero-order valence-corrected chi connectivity index (χ0v) is 16.6. The molecule has 28 heavy (non-hydrogen) atoms. The molecule has 0 aromatic rings. The average Bonchev–Trinajstić information content (AvgIpc) is 2.84. The van der Waals surface area contributed by atoms with Crippen LogP contribution in [0, 0.1) is 28.6 Å². The van der Waals surface area contributed by atoms with Crippen LogP contribution in [0.15, 0.2) is 23.8 Å². The summed E-state index contributed by atoms with van der Waals surface area (Å²) in [6, 6.07) is 0. The van der Waals surface area contributed by atoms with Gasteiger partial charge in [-0.15, -0.1) is 0 Å². The summed E-state index contributed by atoms with van der Waals surface area (Å²) in [4.78, 5) is 24.4. The van der Waals surface area contributed by atoms with Crippen molar-refractivity contribution in [2.45, 2.75) is 63.8 Å². The van der Waals surface area contributed by atoms with Gasteiger partial charge in [0.05, 0.1) is 6.10 Å². The van der Waals surface area contributed by atoms with Gasteiger partial charge in [0.15, 0.2) is 17.2 Å². The third kappa shape index (κ3) is 2.01. The third-order valence-corrected chi connectivity index (χ3v) is 8.79. The van der Waals surface area contributed by atoms with Crippen molar-refractivity contribution in [1.29, 1.82) is 0 Å². The minimum atomic E-state index is -1.98. The molecule has 3 saturated carbocycles. The number of fused-ring (bicyclic) bond motifs is 5. The van der Waals surface area contributed by atoms with E-state index in [1.165, 1.54) is 12.2 Å². The highest BCUT2D eigenvalue weighted by Crippen LogP contribution is 2.70. The third-order valence-electron chi connectivity index (χ3n) is 8.79. The monoisotopic (exact) mass is 392 g/mol. The van der Waals surface area contributed by atoms with E-state index >= 15 is 4.39 Å². The largest absolute Gasteiger partial charge is 0.390 e. The number of ketones is 2. The highest BCUT2D eigenvalue weighted by atomic mass is 19.1. The molecular weight excluding hydrogens is 363 g/mol. The van der Waals surface area contributed by atoms with E-state index in [1.54, 1.807) is 26.8 Å². The first-order valence-corrected chi connectivity index (χ1v) is 10.1. The van der Waals surface area contributed by atoms with E-state index in [9.17, 15) is 24.9 Å². The average molecular weight is 392 g/mol.